The molecule has 1 amide bonds. The molecule has 0 aliphatic heterocycles. The molecule has 0 atom stereocenters. The third kappa shape index (κ3) is 5.85. The van der Waals surface area contributed by atoms with Gasteiger partial charge in [-0.2, -0.15) is 0 Å². The number of carboxylic acids is 1. The zero-order valence-corrected chi connectivity index (χ0v) is 17.3. The van der Waals surface area contributed by atoms with Gasteiger partial charge in [0.25, 0.3) is 5.91 Å². The molecule has 0 fully saturated rings. The van der Waals surface area contributed by atoms with Gasteiger partial charge >= 0.3 is 5.97 Å². The maximum Gasteiger partial charge on any atom is 0.352 e. The van der Waals surface area contributed by atoms with E-state index in [-0.39, 0.29) is 5.70 Å². The van der Waals surface area contributed by atoms with E-state index < -0.39 is 11.9 Å². The van der Waals surface area contributed by atoms with Gasteiger partial charge in [0.15, 0.2) is 11.5 Å². The number of ether oxygens (including phenoxy) is 2. The minimum Gasteiger partial charge on any atom is -0.490 e. The number of nitrogens with one attached hydrogen (secondary N) is 1. The van der Waals surface area contributed by atoms with E-state index in [0.29, 0.717) is 40.3 Å². The van der Waals surface area contributed by atoms with Crippen molar-refractivity contribution in [3.63, 3.8) is 0 Å². The monoisotopic (exact) mass is 447 g/mol. The number of aliphatic carboxylic acids is 1. The van der Waals surface area contributed by atoms with E-state index in [1.54, 1.807) is 42.5 Å². The molecule has 0 aromatic heterocycles. The van der Waals surface area contributed by atoms with Crippen LogP contribution in [-0.4, -0.2) is 30.2 Å². The quantitative estimate of drug-likeness (QED) is 0.553. The van der Waals surface area contributed by atoms with Crippen molar-refractivity contribution < 1.29 is 24.2 Å². The fourth-order valence-electron chi connectivity index (χ4n) is 2.38. The fraction of sp³-hybridized carbons (Fsp3) is 0.238. The molecule has 0 unspecified atom stereocenters. The number of carbonyl (C=O) groups excluding carboxylic acids is 1. The Kier molecular flexibility index (Phi) is 8.07. The van der Waals surface area contributed by atoms with Gasteiger partial charge in [-0.3, -0.25) is 4.79 Å². The van der Waals surface area contributed by atoms with Crippen molar-refractivity contribution in [1.82, 2.24) is 5.32 Å². The lowest BCUT2D eigenvalue weighted by Gasteiger charge is -2.14. The predicted molar refractivity (Wildman–Crippen MR) is 111 cm³/mol. The van der Waals surface area contributed by atoms with E-state index >= 15 is 0 Å². The second-order valence-corrected chi connectivity index (χ2v) is 6.65. The summed E-state index contributed by atoms with van der Waals surface area (Å²) < 4.78 is 12.0. The van der Waals surface area contributed by atoms with Gasteiger partial charge in [0.1, 0.15) is 5.70 Å². The van der Waals surface area contributed by atoms with E-state index in [4.69, 9.17) is 9.47 Å². The van der Waals surface area contributed by atoms with E-state index in [1.807, 2.05) is 13.8 Å². The molecule has 0 saturated carbocycles. The zero-order valence-electron chi connectivity index (χ0n) is 15.7. The number of carboxylic acid groups (broad SMARTS) is 1. The molecule has 0 bridgehead atoms. The minimum absolute atomic E-state index is 0.245. The van der Waals surface area contributed by atoms with Gasteiger partial charge < -0.3 is 19.9 Å². The molecule has 0 heterocycles. The van der Waals surface area contributed by atoms with Crippen molar-refractivity contribution in [3.05, 3.63) is 63.8 Å². The number of amides is 1. The van der Waals surface area contributed by atoms with E-state index in [0.717, 1.165) is 6.42 Å². The molecule has 0 aliphatic rings. The Morgan fingerprint density at radius 3 is 2.46 bits per heavy atom. The van der Waals surface area contributed by atoms with Crippen molar-refractivity contribution in [3.8, 4) is 11.5 Å². The van der Waals surface area contributed by atoms with Crippen LogP contribution in [0.2, 0.25) is 0 Å². The standard InChI is InChI=1S/C21H22BrNO5/c1-3-10-28-19-16(22)11-14(13-18(19)27-4-2)12-17(21(25)26)23-20(24)15-8-6-5-7-9-15/h5-9,11-13H,3-4,10H2,1-2H3,(H,23,24)(H,25,26). The van der Waals surface area contributed by atoms with Gasteiger partial charge in [-0.15, -0.1) is 0 Å². The molecular weight excluding hydrogens is 426 g/mol. The highest BCUT2D eigenvalue weighted by Gasteiger charge is 2.16. The highest BCUT2D eigenvalue weighted by atomic mass is 79.9. The van der Waals surface area contributed by atoms with Crippen LogP contribution in [0.4, 0.5) is 0 Å². The zero-order chi connectivity index (χ0) is 20.5. The molecule has 0 spiro atoms. The molecule has 2 aromatic carbocycles. The van der Waals surface area contributed by atoms with Crippen LogP contribution < -0.4 is 14.8 Å². The van der Waals surface area contributed by atoms with Crippen LogP contribution in [0.25, 0.3) is 6.08 Å². The SMILES string of the molecule is CCCOc1c(Br)cc(C=C(NC(=O)c2ccccc2)C(=O)O)cc1OCC. The van der Waals surface area contributed by atoms with Crippen molar-refractivity contribution in [2.45, 2.75) is 20.3 Å². The summed E-state index contributed by atoms with van der Waals surface area (Å²) in [7, 11) is 0. The Labute approximate surface area is 172 Å². The smallest absolute Gasteiger partial charge is 0.352 e. The minimum atomic E-state index is -1.25. The van der Waals surface area contributed by atoms with Crippen molar-refractivity contribution in [2.75, 3.05) is 13.2 Å². The molecule has 2 N–H and O–H groups in total. The van der Waals surface area contributed by atoms with Crippen LogP contribution in [0, 0.1) is 0 Å². The summed E-state index contributed by atoms with van der Waals surface area (Å²) in [5, 5.41) is 11.9. The summed E-state index contributed by atoms with van der Waals surface area (Å²) in [6.07, 6.45) is 2.22. The molecule has 2 rings (SSSR count). The van der Waals surface area contributed by atoms with E-state index in [2.05, 4.69) is 21.2 Å². The summed E-state index contributed by atoms with van der Waals surface area (Å²) in [5.74, 6) is -0.687. The highest BCUT2D eigenvalue weighted by Crippen LogP contribution is 2.37. The Morgan fingerprint density at radius 2 is 1.86 bits per heavy atom. The molecule has 0 radical (unpaired) electrons. The van der Waals surface area contributed by atoms with Gasteiger partial charge in [-0.25, -0.2) is 4.79 Å². The second-order valence-electron chi connectivity index (χ2n) is 5.79. The summed E-state index contributed by atoms with van der Waals surface area (Å²) >= 11 is 3.44. The maximum atomic E-state index is 12.3. The Morgan fingerprint density at radius 1 is 1.14 bits per heavy atom. The first kappa shape index (κ1) is 21.5. The van der Waals surface area contributed by atoms with E-state index in [9.17, 15) is 14.7 Å². The Bertz CT molecular complexity index is 865. The fourth-order valence-corrected chi connectivity index (χ4v) is 2.95. The van der Waals surface area contributed by atoms with Crippen molar-refractivity contribution in [2.24, 2.45) is 0 Å². The lowest BCUT2D eigenvalue weighted by atomic mass is 10.1. The number of hydrogen-bond donors (Lipinski definition) is 2. The van der Waals surface area contributed by atoms with Gasteiger partial charge in [-0.1, -0.05) is 25.1 Å². The first-order chi connectivity index (χ1) is 13.5. The van der Waals surface area contributed by atoms with Crippen molar-refractivity contribution in [1.29, 1.82) is 0 Å². The average Bonchev–Trinajstić information content (AvgIpc) is 2.67. The third-order valence-corrected chi connectivity index (χ3v) is 4.20. The van der Waals surface area contributed by atoms with Crippen LogP contribution in [0.5, 0.6) is 11.5 Å². The second kappa shape index (κ2) is 10.5. The molecular formula is C21H22BrNO5. The molecule has 7 heteroatoms. The van der Waals surface area contributed by atoms with Gasteiger partial charge in [0.2, 0.25) is 0 Å². The van der Waals surface area contributed by atoms with Crippen LogP contribution in [0.1, 0.15) is 36.2 Å². The molecule has 148 valence electrons. The van der Waals surface area contributed by atoms with Crippen LogP contribution in [0.3, 0.4) is 0 Å². The molecule has 28 heavy (non-hydrogen) atoms. The summed E-state index contributed by atoms with van der Waals surface area (Å²) in [5.41, 5.74) is 0.671. The Hall–Kier alpha value is -2.80. The summed E-state index contributed by atoms with van der Waals surface area (Å²) in [4.78, 5) is 23.9. The molecule has 6 nitrogen and oxygen atoms in total. The Balaban J connectivity index is 2.35. The summed E-state index contributed by atoms with van der Waals surface area (Å²) in [6.45, 7) is 4.81. The molecule has 2 aromatic rings. The normalized spacial score (nSPS) is 11.0. The van der Waals surface area contributed by atoms with Gasteiger partial charge in [0, 0.05) is 5.56 Å². The van der Waals surface area contributed by atoms with Crippen molar-refractivity contribution >= 4 is 33.9 Å². The van der Waals surface area contributed by atoms with Gasteiger partial charge in [0.05, 0.1) is 17.7 Å². The van der Waals surface area contributed by atoms with Crippen LogP contribution in [0.15, 0.2) is 52.6 Å². The first-order valence-electron chi connectivity index (χ1n) is 8.86. The molecule has 0 saturated heterocycles. The highest BCUT2D eigenvalue weighted by molar-refractivity contribution is 9.10. The van der Waals surface area contributed by atoms with Gasteiger partial charge in [-0.05, 0) is 65.2 Å². The lowest BCUT2D eigenvalue weighted by Crippen LogP contribution is -2.27. The predicted octanol–water partition coefficient (Wildman–Crippen LogP) is 4.49. The number of halogens is 1. The number of benzene rings is 2. The third-order valence-electron chi connectivity index (χ3n) is 3.61. The number of rotatable bonds is 9. The average molecular weight is 448 g/mol. The van der Waals surface area contributed by atoms with Crippen LogP contribution in [-0.2, 0) is 4.79 Å². The molecule has 0 aliphatic carbocycles. The first-order valence-corrected chi connectivity index (χ1v) is 9.66. The largest absolute Gasteiger partial charge is 0.490 e. The topological polar surface area (TPSA) is 84.9 Å². The van der Waals surface area contributed by atoms with E-state index in [1.165, 1.54) is 6.08 Å². The van der Waals surface area contributed by atoms with Crippen LogP contribution >= 0.6 is 15.9 Å². The maximum absolute atomic E-state index is 12.3. The number of hydrogen-bond acceptors (Lipinski definition) is 4. The summed E-state index contributed by atoms with van der Waals surface area (Å²) in [6, 6.07) is 11.8. The number of carbonyl (C=O) groups is 2. The lowest BCUT2D eigenvalue weighted by molar-refractivity contribution is -0.132.